The van der Waals surface area contributed by atoms with E-state index in [1.54, 1.807) is 0 Å². The SMILES string of the molecule is O=C(Cn1cnc2scc(-c3ccccc3)c2c1=O)Nc1ccc(S(=O)(=O)N2CCOCC2)cc1. The fourth-order valence-electron chi connectivity index (χ4n) is 3.91. The Balaban J connectivity index is 1.32. The zero-order valence-corrected chi connectivity index (χ0v) is 20.2. The van der Waals surface area contributed by atoms with Crippen molar-refractivity contribution in [1.82, 2.24) is 13.9 Å². The van der Waals surface area contributed by atoms with Gasteiger partial charge in [-0.1, -0.05) is 30.3 Å². The van der Waals surface area contributed by atoms with Gasteiger partial charge in [-0.2, -0.15) is 4.31 Å². The lowest BCUT2D eigenvalue weighted by molar-refractivity contribution is -0.116. The lowest BCUT2D eigenvalue weighted by Gasteiger charge is -2.26. The highest BCUT2D eigenvalue weighted by Crippen LogP contribution is 2.30. The van der Waals surface area contributed by atoms with Crippen LogP contribution in [0.1, 0.15) is 0 Å². The van der Waals surface area contributed by atoms with Crippen LogP contribution in [-0.2, 0) is 26.1 Å². The van der Waals surface area contributed by atoms with Crippen LogP contribution in [0.25, 0.3) is 21.3 Å². The first-order valence-corrected chi connectivity index (χ1v) is 13.3. The van der Waals surface area contributed by atoms with Gasteiger partial charge in [-0.25, -0.2) is 13.4 Å². The molecule has 1 aliphatic rings. The predicted octanol–water partition coefficient (Wildman–Crippen LogP) is 2.78. The number of hydrogen-bond donors (Lipinski definition) is 1. The first kappa shape index (κ1) is 23.4. The number of sulfonamides is 1. The molecule has 0 aliphatic carbocycles. The van der Waals surface area contributed by atoms with Crippen molar-refractivity contribution in [3.05, 3.63) is 76.7 Å². The maximum absolute atomic E-state index is 13.1. The Bertz CT molecular complexity index is 1520. The maximum Gasteiger partial charge on any atom is 0.263 e. The van der Waals surface area contributed by atoms with Gasteiger partial charge in [0.2, 0.25) is 15.9 Å². The van der Waals surface area contributed by atoms with Crippen LogP contribution in [0.2, 0.25) is 0 Å². The molecule has 0 radical (unpaired) electrons. The number of ether oxygens (including phenoxy) is 1. The Morgan fingerprint density at radius 1 is 1.06 bits per heavy atom. The summed E-state index contributed by atoms with van der Waals surface area (Å²) < 4.78 is 33.4. The second-order valence-corrected chi connectivity index (χ2v) is 10.8. The van der Waals surface area contributed by atoms with Gasteiger partial charge in [-0.3, -0.25) is 14.2 Å². The van der Waals surface area contributed by atoms with Crippen LogP contribution >= 0.6 is 11.3 Å². The Hall–Kier alpha value is -3.38. The molecule has 11 heteroatoms. The summed E-state index contributed by atoms with van der Waals surface area (Å²) >= 11 is 1.38. The minimum absolute atomic E-state index is 0.147. The number of fused-ring (bicyclic) bond motifs is 1. The Kier molecular flexibility index (Phi) is 6.48. The van der Waals surface area contributed by atoms with E-state index in [2.05, 4.69) is 10.3 Å². The summed E-state index contributed by atoms with van der Waals surface area (Å²) in [4.78, 5) is 30.9. The average molecular weight is 511 g/mol. The van der Waals surface area contributed by atoms with Gasteiger partial charge in [-0.05, 0) is 29.8 Å². The van der Waals surface area contributed by atoms with Crippen molar-refractivity contribution >= 4 is 43.2 Å². The molecule has 1 amide bonds. The van der Waals surface area contributed by atoms with Crippen LogP contribution in [0.5, 0.6) is 0 Å². The molecule has 2 aromatic heterocycles. The molecular formula is C24H22N4O5S2. The fourth-order valence-corrected chi connectivity index (χ4v) is 6.23. The van der Waals surface area contributed by atoms with E-state index in [1.165, 1.54) is 50.8 Å². The summed E-state index contributed by atoms with van der Waals surface area (Å²) in [5.74, 6) is -0.423. The van der Waals surface area contributed by atoms with Crippen molar-refractivity contribution in [1.29, 1.82) is 0 Å². The number of hydrogen-bond acceptors (Lipinski definition) is 7. The summed E-state index contributed by atoms with van der Waals surface area (Å²) in [6.45, 7) is 1.13. The van der Waals surface area contributed by atoms with Crippen LogP contribution < -0.4 is 10.9 Å². The van der Waals surface area contributed by atoms with E-state index in [0.29, 0.717) is 42.2 Å². The predicted molar refractivity (Wildman–Crippen MR) is 134 cm³/mol. The molecule has 0 saturated carbocycles. The quantitative estimate of drug-likeness (QED) is 0.427. The smallest absolute Gasteiger partial charge is 0.263 e. The molecule has 0 unspecified atom stereocenters. The molecule has 1 aliphatic heterocycles. The highest BCUT2D eigenvalue weighted by atomic mass is 32.2. The average Bonchev–Trinajstić information content (AvgIpc) is 3.32. The molecule has 1 saturated heterocycles. The maximum atomic E-state index is 13.1. The van der Waals surface area contributed by atoms with E-state index in [-0.39, 0.29) is 17.0 Å². The van der Waals surface area contributed by atoms with Crippen molar-refractivity contribution in [2.75, 3.05) is 31.6 Å². The molecule has 180 valence electrons. The van der Waals surface area contributed by atoms with Crippen molar-refractivity contribution in [2.45, 2.75) is 11.4 Å². The number of nitrogens with one attached hydrogen (secondary N) is 1. The Morgan fingerprint density at radius 3 is 2.49 bits per heavy atom. The summed E-state index contributed by atoms with van der Waals surface area (Å²) in [6, 6.07) is 15.5. The third-order valence-electron chi connectivity index (χ3n) is 5.71. The van der Waals surface area contributed by atoms with Crippen LogP contribution in [0.15, 0.2) is 76.0 Å². The fraction of sp³-hybridized carbons (Fsp3) is 0.208. The van der Waals surface area contributed by atoms with E-state index in [9.17, 15) is 18.0 Å². The zero-order valence-electron chi connectivity index (χ0n) is 18.6. The molecule has 9 nitrogen and oxygen atoms in total. The highest BCUT2D eigenvalue weighted by Gasteiger charge is 2.26. The monoisotopic (exact) mass is 510 g/mol. The van der Waals surface area contributed by atoms with Crippen molar-refractivity contribution < 1.29 is 17.9 Å². The topological polar surface area (TPSA) is 111 Å². The van der Waals surface area contributed by atoms with Crippen LogP contribution in [0, 0.1) is 0 Å². The first-order chi connectivity index (χ1) is 16.9. The molecule has 1 N–H and O–H groups in total. The van der Waals surface area contributed by atoms with Gasteiger partial charge in [0.05, 0.1) is 29.8 Å². The molecular weight excluding hydrogens is 488 g/mol. The summed E-state index contributed by atoms with van der Waals surface area (Å²) in [6.07, 6.45) is 1.37. The number of amides is 1. The third kappa shape index (κ3) is 4.76. The van der Waals surface area contributed by atoms with E-state index in [0.717, 1.165) is 11.1 Å². The molecule has 4 aromatic rings. The van der Waals surface area contributed by atoms with Crippen molar-refractivity contribution in [3.63, 3.8) is 0 Å². The van der Waals surface area contributed by atoms with E-state index < -0.39 is 15.9 Å². The normalized spacial score (nSPS) is 14.7. The number of morpholine rings is 1. The van der Waals surface area contributed by atoms with E-state index in [4.69, 9.17) is 4.74 Å². The van der Waals surface area contributed by atoms with Crippen molar-refractivity contribution in [2.24, 2.45) is 0 Å². The minimum Gasteiger partial charge on any atom is -0.379 e. The van der Waals surface area contributed by atoms with Gasteiger partial charge in [0.1, 0.15) is 11.4 Å². The van der Waals surface area contributed by atoms with E-state index in [1.807, 2.05) is 35.7 Å². The van der Waals surface area contributed by atoms with Gasteiger partial charge in [0, 0.05) is 29.7 Å². The molecule has 0 spiro atoms. The molecule has 5 rings (SSSR count). The Morgan fingerprint density at radius 2 is 1.77 bits per heavy atom. The minimum atomic E-state index is -3.62. The first-order valence-electron chi connectivity index (χ1n) is 10.9. The van der Waals surface area contributed by atoms with Crippen LogP contribution in [0.4, 0.5) is 5.69 Å². The van der Waals surface area contributed by atoms with Gasteiger partial charge in [0.15, 0.2) is 0 Å². The summed E-state index contributed by atoms with van der Waals surface area (Å²) in [5, 5.41) is 5.09. The van der Waals surface area contributed by atoms with Crippen molar-refractivity contribution in [3.8, 4) is 11.1 Å². The highest BCUT2D eigenvalue weighted by molar-refractivity contribution is 7.89. The molecule has 0 bridgehead atoms. The number of benzene rings is 2. The molecule has 35 heavy (non-hydrogen) atoms. The number of carbonyl (C=O) groups is 1. The number of anilines is 1. The van der Waals surface area contributed by atoms with Crippen LogP contribution in [0.3, 0.4) is 0 Å². The summed E-state index contributed by atoms with van der Waals surface area (Å²) in [5.41, 5.74) is 1.83. The lowest BCUT2D eigenvalue weighted by atomic mass is 10.1. The van der Waals surface area contributed by atoms with Gasteiger partial charge < -0.3 is 10.1 Å². The second-order valence-electron chi connectivity index (χ2n) is 7.96. The zero-order chi connectivity index (χ0) is 24.4. The molecule has 3 heterocycles. The van der Waals surface area contributed by atoms with Gasteiger partial charge in [0.25, 0.3) is 5.56 Å². The summed E-state index contributed by atoms with van der Waals surface area (Å²) in [7, 11) is -3.62. The standard InChI is InChI=1S/C24H22N4O5S2/c29-21(26-18-6-8-19(9-7-18)35(31,32)28-10-12-33-13-11-28)14-27-16-25-23-22(24(27)30)20(15-34-23)17-4-2-1-3-5-17/h1-9,15-16H,10-14H2,(H,26,29). The number of carbonyl (C=O) groups excluding carboxylic acids is 1. The number of nitrogens with zero attached hydrogens (tertiary/aromatic N) is 3. The van der Waals surface area contributed by atoms with Crippen LogP contribution in [-0.4, -0.2) is 54.5 Å². The number of rotatable bonds is 6. The second kappa shape index (κ2) is 9.70. The van der Waals surface area contributed by atoms with Gasteiger partial charge >= 0.3 is 0 Å². The third-order valence-corrected chi connectivity index (χ3v) is 8.50. The number of aromatic nitrogens is 2. The largest absolute Gasteiger partial charge is 0.379 e. The molecule has 1 fully saturated rings. The lowest BCUT2D eigenvalue weighted by Crippen LogP contribution is -2.40. The molecule has 0 atom stereocenters. The Labute approximate surface area is 205 Å². The van der Waals surface area contributed by atoms with E-state index >= 15 is 0 Å². The number of thiophene rings is 1. The molecule has 2 aromatic carbocycles. The van der Waals surface area contributed by atoms with Gasteiger partial charge in [-0.15, -0.1) is 11.3 Å².